The van der Waals surface area contributed by atoms with Crippen molar-refractivity contribution in [2.45, 2.75) is 38.6 Å². The molecule has 0 aromatic rings. The number of carbonyl (C=O) groups is 2. The summed E-state index contributed by atoms with van der Waals surface area (Å²) in [5.41, 5.74) is 0. The van der Waals surface area contributed by atoms with E-state index in [4.69, 9.17) is 0 Å². The van der Waals surface area contributed by atoms with Gasteiger partial charge in [-0.1, -0.05) is 13.3 Å². The number of nitrogens with one attached hydrogen (secondary N) is 3. The lowest BCUT2D eigenvalue weighted by Crippen LogP contribution is -2.48. The smallest absolute Gasteiger partial charge is 0.321 e. The summed E-state index contributed by atoms with van der Waals surface area (Å²) in [5, 5.41) is 8.32. The standard InChI is InChI=1S/C13H26N4O2/c1-3-4-7-15-13(19)16-12(18)10-17(2)11-5-8-14-9-6-11/h11,14H,3-10H2,1-2H3,(H2,15,16,18,19). The van der Waals surface area contributed by atoms with Gasteiger partial charge in [0.25, 0.3) is 0 Å². The first-order valence-corrected chi connectivity index (χ1v) is 7.12. The number of hydrogen-bond acceptors (Lipinski definition) is 4. The summed E-state index contributed by atoms with van der Waals surface area (Å²) in [7, 11) is 1.94. The average molecular weight is 270 g/mol. The van der Waals surface area contributed by atoms with Gasteiger partial charge < -0.3 is 10.6 Å². The molecule has 1 saturated heterocycles. The Morgan fingerprint density at radius 1 is 1.32 bits per heavy atom. The molecule has 0 aromatic carbocycles. The molecule has 0 bridgehead atoms. The van der Waals surface area contributed by atoms with Gasteiger partial charge in [0.1, 0.15) is 0 Å². The van der Waals surface area contributed by atoms with Crippen LogP contribution in [0.1, 0.15) is 32.6 Å². The molecule has 1 aliphatic rings. The summed E-state index contributed by atoms with van der Waals surface area (Å²) < 4.78 is 0. The third-order valence-electron chi connectivity index (χ3n) is 3.39. The number of hydrogen-bond donors (Lipinski definition) is 3. The minimum Gasteiger partial charge on any atom is -0.338 e. The second-order valence-corrected chi connectivity index (χ2v) is 5.05. The summed E-state index contributed by atoms with van der Waals surface area (Å²) in [6.07, 6.45) is 4.04. The second-order valence-electron chi connectivity index (χ2n) is 5.05. The van der Waals surface area contributed by atoms with Gasteiger partial charge >= 0.3 is 6.03 Å². The molecule has 1 aliphatic heterocycles. The third kappa shape index (κ3) is 6.54. The van der Waals surface area contributed by atoms with Crippen LogP contribution in [0, 0.1) is 0 Å². The van der Waals surface area contributed by atoms with Crippen molar-refractivity contribution < 1.29 is 9.59 Å². The van der Waals surface area contributed by atoms with Crippen LogP contribution in [0.3, 0.4) is 0 Å². The fraction of sp³-hybridized carbons (Fsp3) is 0.846. The normalized spacial score (nSPS) is 16.4. The summed E-state index contributed by atoms with van der Waals surface area (Å²) in [6.45, 7) is 4.92. The predicted octanol–water partition coefficient (Wildman–Crippen LogP) is 0.296. The molecule has 0 spiro atoms. The van der Waals surface area contributed by atoms with E-state index < -0.39 is 6.03 Å². The molecule has 3 amide bonds. The van der Waals surface area contributed by atoms with Crippen molar-refractivity contribution >= 4 is 11.9 Å². The molecule has 0 aromatic heterocycles. The Morgan fingerprint density at radius 2 is 2.00 bits per heavy atom. The molecule has 0 atom stereocenters. The molecule has 1 heterocycles. The van der Waals surface area contributed by atoms with Crippen molar-refractivity contribution in [2.24, 2.45) is 0 Å². The maximum atomic E-state index is 11.7. The number of carbonyl (C=O) groups excluding carboxylic acids is 2. The fourth-order valence-electron chi connectivity index (χ4n) is 2.19. The van der Waals surface area contributed by atoms with Crippen LogP contribution in [0.5, 0.6) is 0 Å². The molecule has 6 heteroatoms. The lowest BCUT2D eigenvalue weighted by atomic mass is 10.1. The third-order valence-corrected chi connectivity index (χ3v) is 3.39. The largest absolute Gasteiger partial charge is 0.338 e. The van der Waals surface area contributed by atoms with Gasteiger partial charge in [0.2, 0.25) is 5.91 Å². The van der Waals surface area contributed by atoms with Crippen LogP contribution in [0.25, 0.3) is 0 Å². The minimum absolute atomic E-state index is 0.241. The van der Waals surface area contributed by atoms with Crippen LogP contribution < -0.4 is 16.0 Å². The predicted molar refractivity (Wildman–Crippen MR) is 75.0 cm³/mol. The van der Waals surface area contributed by atoms with Gasteiger partial charge in [0.05, 0.1) is 6.54 Å². The number of nitrogens with zero attached hydrogens (tertiary/aromatic N) is 1. The number of piperidine rings is 1. The molecule has 1 fully saturated rings. The number of likely N-dealkylation sites (N-methyl/N-ethyl adjacent to an activating group) is 1. The van der Waals surface area contributed by atoms with E-state index in [1.165, 1.54) is 0 Å². The van der Waals surface area contributed by atoms with Crippen LogP contribution in [-0.4, -0.2) is 56.1 Å². The van der Waals surface area contributed by atoms with Gasteiger partial charge in [-0.15, -0.1) is 0 Å². The Bertz CT molecular complexity index is 290. The van der Waals surface area contributed by atoms with Crippen molar-refractivity contribution in [1.29, 1.82) is 0 Å². The highest BCUT2D eigenvalue weighted by molar-refractivity contribution is 5.95. The van der Waals surface area contributed by atoms with E-state index in [9.17, 15) is 9.59 Å². The van der Waals surface area contributed by atoms with E-state index in [0.717, 1.165) is 38.8 Å². The number of imide groups is 1. The summed E-state index contributed by atoms with van der Waals surface area (Å²) in [5.74, 6) is -0.241. The second kappa shape index (κ2) is 8.87. The maximum absolute atomic E-state index is 11.7. The lowest BCUT2D eigenvalue weighted by Gasteiger charge is -2.30. The zero-order chi connectivity index (χ0) is 14.1. The van der Waals surface area contributed by atoms with Crippen LogP contribution >= 0.6 is 0 Å². The molecule has 1 rings (SSSR count). The SMILES string of the molecule is CCCCNC(=O)NC(=O)CN(C)C1CCNCC1. The first-order chi connectivity index (χ1) is 9.13. The molecule has 0 saturated carbocycles. The summed E-state index contributed by atoms with van der Waals surface area (Å²) in [6, 6.07) is 0.0345. The molecule has 6 nitrogen and oxygen atoms in total. The van der Waals surface area contributed by atoms with E-state index in [0.29, 0.717) is 12.6 Å². The first-order valence-electron chi connectivity index (χ1n) is 7.12. The van der Waals surface area contributed by atoms with Gasteiger partial charge in [-0.3, -0.25) is 15.0 Å². The number of urea groups is 1. The number of rotatable bonds is 6. The van der Waals surface area contributed by atoms with Crippen molar-refractivity contribution in [1.82, 2.24) is 20.9 Å². The number of unbranched alkanes of at least 4 members (excludes halogenated alkanes) is 1. The van der Waals surface area contributed by atoms with Gasteiger partial charge in [-0.2, -0.15) is 0 Å². The first kappa shape index (κ1) is 15.9. The van der Waals surface area contributed by atoms with E-state index in [1.54, 1.807) is 0 Å². The Hall–Kier alpha value is -1.14. The van der Waals surface area contributed by atoms with Crippen LogP contribution in [0.15, 0.2) is 0 Å². The summed E-state index contributed by atoms with van der Waals surface area (Å²) in [4.78, 5) is 25.1. The van der Waals surface area contributed by atoms with E-state index in [-0.39, 0.29) is 12.5 Å². The van der Waals surface area contributed by atoms with Gasteiger partial charge in [0, 0.05) is 12.6 Å². The Balaban J connectivity index is 2.20. The van der Waals surface area contributed by atoms with Gasteiger partial charge in [-0.25, -0.2) is 4.79 Å². The van der Waals surface area contributed by atoms with Crippen molar-refractivity contribution in [3.05, 3.63) is 0 Å². The van der Waals surface area contributed by atoms with Gasteiger partial charge in [-0.05, 0) is 39.4 Å². The quantitative estimate of drug-likeness (QED) is 0.607. The van der Waals surface area contributed by atoms with Crippen molar-refractivity contribution in [2.75, 3.05) is 33.2 Å². The molecule has 19 heavy (non-hydrogen) atoms. The molecule has 3 N–H and O–H groups in total. The molecule has 110 valence electrons. The maximum Gasteiger partial charge on any atom is 0.321 e. The van der Waals surface area contributed by atoms with E-state index in [1.807, 2.05) is 11.9 Å². The average Bonchev–Trinajstić information content (AvgIpc) is 2.39. The zero-order valence-corrected chi connectivity index (χ0v) is 12.0. The Morgan fingerprint density at radius 3 is 2.63 bits per heavy atom. The molecule has 0 radical (unpaired) electrons. The van der Waals surface area contributed by atoms with Crippen LogP contribution in [-0.2, 0) is 4.79 Å². The fourth-order valence-corrected chi connectivity index (χ4v) is 2.19. The Kier molecular flexibility index (Phi) is 7.43. The highest BCUT2D eigenvalue weighted by Crippen LogP contribution is 2.08. The van der Waals surface area contributed by atoms with Crippen LogP contribution in [0.4, 0.5) is 4.79 Å². The van der Waals surface area contributed by atoms with Crippen molar-refractivity contribution in [3.8, 4) is 0 Å². The minimum atomic E-state index is -0.392. The lowest BCUT2D eigenvalue weighted by molar-refractivity contribution is -0.121. The van der Waals surface area contributed by atoms with Crippen molar-refractivity contribution in [3.63, 3.8) is 0 Å². The summed E-state index contributed by atoms with van der Waals surface area (Å²) >= 11 is 0. The zero-order valence-electron chi connectivity index (χ0n) is 12.0. The molecule has 0 unspecified atom stereocenters. The van der Waals surface area contributed by atoms with Gasteiger partial charge in [0.15, 0.2) is 0 Å². The highest BCUT2D eigenvalue weighted by atomic mass is 16.2. The topological polar surface area (TPSA) is 73.5 Å². The Labute approximate surface area is 115 Å². The molecular formula is C13H26N4O2. The van der Waals surface area contributed by atoms with Crippen LogP contribution in [0.2, 0.25) is 0 Å². The number of amides is 3. The monoisotopic (exact) mass is 270 g/mol. The van der Waals surface area contributed by atoms with E-state index >= 15 is 0 Å². The molecule has 0 aliphatic carbocycles. The van der Waals surface area contributed by atoms with E-state index in [2.05, 4.69) is 22.9 Å². The molecular weight excluding hydrogens is 244 g/mol. The highest BCUT2D eigenvalue weighted by Gasteiger charge is 2.20.